The summed E-state index contributed by atoms with van der Waals surface area (Å²) in [4.78, 5) is 2.66. The summed E-state index contributed by atoms with van der Waals surface area (Å²) in [6.07, 6.45) is 7.07. The fraction of sp³-hybridized carbons (Fsp3) is 0.667. The number of halogens is 1. The minimum absolute atomic E-state index is 0.526. The minimum Gasteiger partial charge on any atom is -0.368 e. The van der Waals surface area contributed by atoms with Crippen LogP contribution >= 0.6 is 15.9 Å². The Morgan fingerprint density at radius 3 is 2.81 bits per heavy atom. The number of hydrogen-bond donors (Lipinski definition) is 1. The Morgan fingerprint density at radius 1 is 1.24 bits per heavy atom. The standard InChI is InChI=1S/C18H27BrN2/c1-13(2)20-12-15-7-8-16(11-17(15)19)21-10-9-14-5-3-4-6-18(14)21/h7-8,11,13-14,18,20H,3-6,9-10,12H2,1-2H3. The van der Waals surface area contributed by atoms with Gasteiger partial charge in [-0.3, -0.25) is 0 Å². The predicted molar refractivity (Wildman–Crippen MR) is 93.8 cm³/mol. The van der Waals surface area contributed by atoms with Gasteiger partial charge < -0.3 is 10.2 Å². The lowest BCUT2D eigenvalue weighted by atomic mass is 9.85. The molecular formula is C18H27BrN2. The number of nitrogens with zero attached hydrogens (tertiary/aromatic N) is 1. The minimum atomic E-state index is 0.526. The molecule has 2 unspecified atom stereocenters. The monoisotopic (exact) mass is 350 g/mol. The van der Waals surface area contributed by atoms with Gasteiger partial charge in [0.05, 0.1) is 0 Å². The molecule has 1 heterocycles. The molecule has 0 radical (unpaired) electrons. The van der Waals surface area contributed by atoms with Gasteiger partial charge in [-0.25, -0.2) is 0 Å². The second-order valence-electron chi connectivity index (χ2n) is 6.91. The van der Waals surface area contributed by atoms with E-state index >= 15 is 0 Å². The van der Waals surface area contributed by atoms with Crippen LogP contribution in [0.15, 0.2) is 22.7 Å². The first-order chi connectivity index (χ1) is 10.1. The highest BCUT2D eigenvalue weighted by Crippen LogP contribution is 2.39. The van der Waals surface area contributed by atoms with Crippen molar-refractivity contribution in [1.82, 2.24) is 5.32 Å². The highest BCUT2D eigenvalue weighted by Gasteiger charge is 2.35. The lowest BCUT2D eigenvalue weighted by Gasteiger charge is -2.33. The largest absolute Gasteiger partial charge is 0.368 e. The van der Waals surface area contributed by atoms with Gasteiger partial charge in [0, 0.05) is 35.3 Å². The smallest absolute Gasteiger partial charge is 0.0380 e. The first-order valence-electron chi connectivity index (χ1n) is 8.43. The molecule has 0 aromatic heterocycles. The molecule has 0 amide bonds. The molecule has 1 saturated carbocycles. The van der Waals surface area contributed by atoms with Gasteiger partial charge in [-0.15, -0.1) is 0 Å². The summed E-state index contributed by atoms with van der Waals surface area (Å²) < 4.78 is 1.24. The van der Waals surface area contributed by atoms with E-state index in [0.29, 0.717) is 6.04 Å². The van der Waals surface area contributed by atoms with Crippen LogP contribution in [0, 0.1) is 5.92 Å². The Morgan fingerprint density at radius 2 is 2.05 bits per heavy atom. The van der Waals surface area contributed by atoms with Gasteiger partial charge in [0.25, 0.3) is 0 Å². The first kappa shape index (κ1) is 15.4. The van der Waals surface area contributed by atoms with E-state index in [2.05, 4.69) is 58.2 Å². The maximum atomic E-state index is 3.77. The Balaban J connectivity index is 1.72. The summed E-state index contributed by atoms with van der Waals surface area (Å²) in [7, 11) is 0. The molecule has 1 aliphatic heterocycles. The van der Waals surface area contributed by atoms with E-state index in [0.717, 1.165) is 18.5 Å². The summed E-state index contributed by atoms with van der Waals surface area (Å²) >= 11 is 3.77. The van der Waals surface area contributed by atoms with Crippen LogP contribution in [0.25, 0.3) is 0 Å². The maximum absolute atomic E-state index is 3.77. The van der Waals surface area contributed by atoms with Gasteiger partial charge in [-0.2, -0.15) is 0 Å². The molecule has 2 fully saturated rings. The highest BCUT2D eigenvalue weighted by molar-refractivity contribution is 9.10. The van der Waals surface area contributed by atoms with Crippen molar-refractivity contribution in [3.05, 3.63) is 28.2 Å². The lowest BCUT2D eigenvalue weighted by molar-refractivity contribution is 0.342. The van der Waals surface area contributed by atoms with Crippen LogP contribution in [0.1, 0.15) is 51.5 Å². The topological polar surface area (TPSA) is 15.3 Å². The molecule has 1 saturated heterocycles. The van der Waals surface area contributed by atoms with Crippen molar-refractivity contribution < 1.29 is 0 Å². The van der Waals surface area contributed by atoms with Gasteiger partial charge in [0.2, 0.25) is 0 Å². The van der Waals surface area contributed by atoms with E-state index in [4.69, 9.17) is 0 Å². The molecule has 0 bridgehead atoms. The molecule has 1 N–H and O–H groups in total. The number of hydrogen-bond acceptors (Lipinski definition) is 2. The van der Waals surface area contributed by atoms with Gasteiger partial charge >= 0.3 is 0 Å². The molecule has 21 heavy (non-hydrogen) atoms. The molecule has 2 nitrogen and oxygen atoms in total. The Kier molecular flexibility index (Phi) is 4.90. The normalized spacial score (nSPS) is 25.4. The molecule has 3 rings (SSSR count). The molecule has 1 aliphatic carbocycles. The average molecular weight is 351 g/mol. The van der Waals surface area contributed by atoms with E-state index < -0.39 is 0 Å². The zero-order valence-corrected chi connectivity index (χ0v) is 14.8. The zero-order valence-electron chi connectivity index (χ0n) is 13.2. The molecule has 116 valence electrons. The fourth-order valence-corrected chi connectivity index (χ4v) is 4.41. The van der Waals surface area contributed by atoms with E-state index in [-0.39, 0.29) is 0 Å². The van der Waals surface area contributed by atoms with Crippen molar-refractivity contribution in [2.75, 3.05) is 11.4 Å². The van der Waals surface area contributed by atoms with Gasteiger partial charge in [0.1, 0.15) is 0 Å². The molecule has 3 heteroatoms. The maximum Gasteiger partial charge on any atom is 0.0380 e. The highest BCUT2D eigenvalue weighted by atomic mass is 79.9. The van der Waals surface area contributed by atoms with Crippen LogP contribution < -0.4 is 10.2 Å². The van der Waals surface area contributed by atoms with Crippen LogP contribution in [-0.4, -0.2) is 18.6 Å². The van der Waals surface area contributed by atoms with Crippen molar-refractivity contribution in [2.45, 2.75) is 64.6 Å². The summed E-state index contributed by atoms with van der Waals surface area (Å²) in [5.41, 5.74) is 2.76. The molecule has 1 aromatic rings. The third-order valence-electron chi connectivity index (χ3n) is 5.08. The summed E-state index contributed by atoms with van der Waals surface area (Å²) in [6, 6.07) is 8.25. The number of benzene rings is 1. The Bertz CT molecular complexity index is 486. The summed E-state index contributed by atoms with van der Waals surface area (Å²) in [6.45, 7) is 6.56. The fourth-order valence-electron chi connectivity index (χ4n) is 3.90. The van der Waals surface area contributed by atoms with E-state index in [9.17, 15) is 0 Å². The SMILES string of the molecule is CC(C)NCc1ccc(N2CCC3CCCCC32)cc1Br. The van der Waals surface area contributed by atoms with E-state index in [1.165, 1.54) is 54.4 Å². The van der Waals surface area contributed by atoms with Gasteiger partial charge in [-0.05, 0) is 42.9 Å². The van der Waals surface area contributed by atoms with Crippen LogP contribution in [0.4, 0.5) is 5.69 Å². The number of rotatable bonds is 4. The quantitative estimate of drug-likeness (QED) is 0.845. The molecule has 0 spiro atoms. The van der Waals surface area contributed by atoms with Crippen molar-refractivity contribution in [3.63, 3.8) is 0 Å². The average Bonchev–Trinajstić information content (AvgIpc) is 2.89. The first-order valence-corrected chi connectivity index (χ1v) is 9.23. The number of nitrogens with one attached hydrogen (secondary N) is 1. The number of anilines is 1. The molecular weight excluding hydrogens is 324 g/mol. The van der Waals surface area contributed by atoms with Crippen molar-refractivity contribution in [1.29, 1.82) is 0 Å². The van der Waals surface area contributed by atoms with Crippen molar-refractivity contribution >= 4 is 21.6 Å². The van der Waals surface area contributed by atoms with E-state index in [1.807, 2.05) is 0 Å². The van der Waals surface area contributed by atoms with Crippen molar-refractivity contribution in [2.24, 2.45) is 5.92 Å². The van der Waals surface area contributed by atoms with Crippen LogP contribution in [-0.2, 0) is 6.54 Å². The summed E-state index contributed by atoms with van der Waals surface area (Å²) in [5.74, 6) is 0.944. The van der Waals surface area contributed by atoms with E-state index in [1.54, 1.807) is 0 Å². The van der Waals surface area contributed by atoms with Gasteiger partial charge in [0.15, 0.2) is 0 Å². The molecule has 1 aromatic carbocycles. The third-order valence-corrected chi connectivity index (χ3v) is 5.82. The Hall–Kier alpha value is -0.540. The predicted octanol–water partition coefficient (Wildman–Crippen LogP) is 4.72. The van der Waals surface area contributed by atoms with Crippen LogP contribution in [0.2, 0.25) is 0 Å². The van der Waals surface area contributed by atoms with Crippen LogP contribution in [0.5, 0.6) is 0 Å². The second kappa shape index (κ2) is 6.70. The van der Waals surface area contributed by atoms with Gasteiger partial charge in [-0.1, -0.05) is 48.7 Å². The third kappa shape index (κ3) is 3.45. The van der Waals surface area contributed by atoms with Crippen molar-refractivity contribution in [3.8, 4) is 0 Å². The Labute approximate surface area is 137 Å². The molecule has 2 aliphatic rings. The zero-order chi connectivity index (χ0) is 14.8. The molecule has 2 atom stereocenters. The van der Waals surface area contributed by atoms with Crippen LogP contribution in [0.3, 0.4) is 0 Å². The number of fused-ring (bicyclic) bond motifs is 1. The second-order valence-corrected chi connectivity index (χ2v) is 7.76. The lowest BCUT2D eigenvalue weighted by Crippen LogP contribution is -2.34. The summed E-state index contributed by atoms with van der Waals surface area (Å²) in [5, 5.41) is 3.49.